The van der Waals surface area contributed by atoms with E-state index in [1.165, 1.54) is 0 Å². The van der Waals surface area contributed by atoms with Gasteiger partial charge in [0.2, 0.25) is 0 Å². The predicted octanol–water partition coefficient (Wildman–Crippen LogP) is 4.18. The van der Waals surface area contributed by atoms with Crippen molar-refractivity contribution in [1.82, 2.24) is 15.5 Å². The van der Waals surface area contributed by atoms with Gasteiger partial charge in [-0.2, -0.15) is 5.10 Å². The van der Waals surface area contributed by atoms with Gasteiger partial charge in [0.05, 0.1) is 19.4 Å². The number of aromatic amines is 1. The van der Waals surface area contributed by atoms with Crippen molar-refractivity contribution in [3.63, 3.8) is 0 Å². The molecule has 3 rings (SSSR count). The topological polar surface area (TPSA) is 76.2 Å². The monoisotopic (exact) mass is 429 g/mol. The van der Waals surface area contributed by atoms with Gasteiger partial charge in [0, 0.05) is 16.6 Å². The molecule has 1 amide bonds. The van der Waals surface area contributed by atoms with E-state index in [4.69, 9.17) is 9.47 Å². The average Bonchev–Trinajstić information content (AvgIpc) is 3.17. The molecule has 0 spiro atoms. The number of amides is 1. The van der Waals surface area contributed by atoms with E-state index in [9.17, 15) is 4.79 Å². The molecular formula is C20H20BrN3O3. The lowest BCUT2D eigenvalue weighted by molar-refractivity contribution is 0.0946. The third-order valence-corrected chi connectivity index (χ3v) is 4.47. The zero-order valence-electron chi connectivity index (χ0n) is 15.1. The second-order valence-corrected chi connectivity index (χ2v) is 6.69. The van der Waals surface area contributed by atoms with Crippen LogP contribution in [0.25, 0.3) is 11.3 Å². The maximum atomic E-state index is 12.4. The van der Waals surface area contributed by atoms with Gasteiger partial charge in [-0.25, -0.2) is 0 Å². The number of carbonyl (C=O) groups excluding carboxylic acids is 1. The van der Waals surface area contributed by atoms with Gasteiger partial charge in [0.15, 0.2) is 11.5 Å². The molecule has 0 saturated carbocycles. The summed E-state index contributed by atoms with van der Waals surface area (Å²) in [6, 6.07) is 15.1. The second kappa shape index (κ2) is 8.73. The minimum absolute atomic E-state index is 0.223. The number of nitrogens with one attached hydrogen (secondary N) is 2. The summed E-state index contributed by atoms with van der Waals surface area (Å²) >= 11 is 3.40. The van der Waals surface area contributed by atoms with Crippen molar-refractivity contribution in [1.29, 1.82) is 0 Å². The van der Waals surface area contributed by atoms with Crippen LogP contribution in [-0.2, 0) is 6.54 Å². The predicted molar refractivity (Wildman–Crippen MR) is 107 cm³/mol. The van der Waals surface area contributed by atoms with Gasteiger partial charge >= 0.3 is 0 Å². The third-order valence-electron chi connectivity index (χ3n) is 3.94. The van der Waals surface area contributed by atoms with E-state index in [2.05, 4.69) is 31.4 Å². The van der Waals surface area contributed by atoms with Crippen LogP contribution < -0.4 is 14.8 Å². The molecule has 0 atom stereocenters. The van der Waals surface area contributed by atoms with Crippen LogP contribution in [0.1, 0.15) is 23.0 Å². The van der Waals surface area contributed by atoms with Crippen molar-refractivity contribution in [2.75, 3.05) is 13.7 Å². The Balaban J connectivity index is 1.66. The summed E-state index contributed by atoms with van der Waals surface area (Å²) in [6.45, 7) is 2.82. The standard InChI is InChI=1S/C20H20BrN3O3/c1-3-27-19-10-13(4-9-18(19)26-2)12-22-20(25)17-11-16(23-24-17)14-5-7-15(21)8-6-14/h4-11H,3,12H2,1-2H3,(H,22,25)(H,23,24). The molecule has 1 aromatic heterocycles. The second-order valence-electron chi connectivity index (χ2n) is 5.77. The fourth-order valence-electron chi connectivity index (χ4n) is 2.58. The summed E-state index contributed by atoms with van der Waals surface area (Å²) in [5, 5.41) is 9.88. The fourth-order valence-corrected chi connectivity index (χ4v) is 2.85. The summed E-state index contributed by atoms with van der Waals surface area (Å²) in [4.78, 5) is 12.4. The molecule has 0 radical (unpaired) electrons. The van der Waals surface area contributed by atoms with Gasteiger partial charge in [0.1, 0.15) is 5.69 Å². The quantitative estimate of drug-likeness (QED) is 0.590. The first-order valence-corrected chi connectivity index (χ1v) is 9.29. The van der Waals surface area contributed by atoms with Crippen molar-refractivity contribution in [3.8, 4) is 22.8 Å². The Kier molecular flexibility index (Phi) is 6.13. The maximum absolute atomic E-state index is 12.4. The maximum Gasteiger partial charge on any atom is 0.269 e. The lowest BCUT2D eigenvalue weighted by Gasteiger charge is -2.11. The molecule has 3 aromatic rings. The van der Waals surface area contributed by atoms with Gasteiger partial charge in [-0.3, -0.25) is 9.89 Å². The largest absolute Gasteiger partial charge is 0.493 e. The van der Waals surface area contributed by atoms with Crippen molar-refractivity contribution in [2.45, 2.75) is 13.5 Å². The highest BCUT2D eigenvalue weighted by Crippen LogP contribution is 2.28. The molecule has 0 aliphatic rings. The minimum Gasteiger partial charge on any atom is -0.493 e. The Labute approximate surface area is 166 Å². The molecule has 0 fully saturated rings. The summed E-state index contributed by atoms with van der Waals surface area (Å²) in [7, 11) is 1.60. The van der Waals surface area contributed by atoms with Crippen LogP contribution in [0.3, 0.4) is 0 Å². The van der Waals surface area contributed by atoms with E-state index < -0.39 is 0 Å². The van der Waals surface area contributed by atoms with Crippen molar-refractivity contribution in [2.24, 2.45) is 0 Å². The van der Waals surface area contributed by atoms with Crippen LogP contribution in [0.15, 0.2) is 53.0 Å². The SMILES string of the molecule is CCOc1cc(CNC(=O)c2cc(-c3ccc(Br)cc3)n[nH]2)ccc1OC. The Morgan fingerprint density at radius 1 is 1.15 bits per heavy atom. The number of rotatable bonds is 7. The molecule has 0 unspecified atom stereocenters. The molecule has 27 heavy (non-hydrogen) atoms. The Morgan fingerprint density at radius 2 is 1.93 bits per heavy atom. The Hall–Kier alpha value is -2.80. The molecule has 0 aliphatic carbocycles. The van der Waals surface area contributed by atoms with Gasteiger partial charge < -0.3 is 14.8 Å². The normalized spacial score (nSPS) is 10.5. The van der Waals surface area contributed by atoms with Gasteiger partial charge in [-0.1, -0.05) is 34.1 Å². The number of nitrogens with zero attached hydrogens (tertiary/aromatic N) is 1. The van der Waals surface area contributed by atoms with Gasteiger partial charge in [-0.15, -0.1) is 0 Å². The first kappa shape index (κ1) is 19.0. The molecule has 6 nitrogen and oxygen atoms in total. The zero-order chi connectivity index (χ0) is 19.2. The van der Waals surface area contributed by atoms with Crippen molar-refractivity contribution < 1.29 is 14.3 Å². The van der Waals surface area contributed by atoms with E-state index in [0.717, 1.165) is 21.3 Å². The lowest BCUT2D eigenvalue weighted by atomic mass is 10.1. The highest BCUT2D eigenvalue weighted by molar-refractivity contribution is 9.10. The lowest BCUT2D eigenvalue weighted by Crippen LogP contribution is -2.23. The van der Waals surface area contributed by atoms with Crippen LogP contribution in [0.2, 0.25) is 0 Å². The summed E-state index contributed by atoms with van der Waals surface area (Å²) < 4.78 is 11.8. The molecular weight excluding hydrogens is 410 g/mol. The number of methoxy groups -OCH3 is 1. The number of hydrogen-bond acceptors (Lipinski definition) is 4. The van der Waals surface area contributed by atoms with E-state index in [-0.39, 0.29) is 5.91 Å². The first-order valence-electron chi connectivity index (χ1n) is 8.50. The van der Waals surface area contributed by atoms with Gasteiger partial charge in [-0.05, 0) is 42.8 Å². The number of ether oxygens (including phenoxy) is 2. The van der Waals surface area contributed by atoms with Crippen molar-refractivity contribution >= 4 is 21.8 Å². The molecule has 1 heterocycles. The smallest absolute Gasteiger partial charge is 0.269 e. The Morgan fingerprint density at radius 3 is 2.63 bits per heavy atom. The van der Waals surface area contributed by atoms with Crippen LogP contribution in [0.4, 0.5) is 0 Å². The highest BCUT2D eigenvalue weighted by Gasteiger charge is 2.12. The Bertz CT molecular complexity index is 922. The molecule has 2 aromatic carbocycles. The molecule has 140 valence electrons. The number of aromatic nitrogens is 2. The molecule has 2 N–H and O–H groups in total. The van der Waals surface area contributed by atoms with E-state index in [1.807, 2.05) is 49.4 Å². The van der Waals surface area contributed by atoms with Crippen molar-refractivity contribution in [3.05, 3.63) is 64.3 Å². The van der Waals surface area contributed by atoms with Crippen LogP contribution in [0.5, 0.6) is 11.5 Å². The summed E-state index contributed by atoms with van der Waals surface area (Å²) in [6.07, 6.45) is 0. The number of hydrogen-bond donors (Lipinski definition) is 2. The molecule has 0 saturated heterocycles. The number of H-pyrrole nitrogens is 1. The van der Waals surface area contributed by atoms with E-state index >= 15 is 0 Å². The fraction of sp³-hybridized carbons (Fsp3) is 0.200. The number of halogens is 1. The molecule has 7 heteroatoms. The highest BCUT2D eigenvalue weighted by atomic mass is 79.9. The third kappa shape index (κ3) is 4.68. The minimum atomic E-state index is -0.223. The summed E-state index contributed by atoms with van der Waals surface area (Å²) in [5.41, 5.74) is 2.98. The first-order chi connectivity index (χ1) is 13.1. The van der Waals surface area contributed by atoms with E-state index in [0.29, 0.717) is 30.3 Å². The van der Waals surface area contributed by atoms with Crippen LogP contribution in [-0.4, -0.2) is 29.8 Å². The summed E-state index contributed by atoms with van der Waals surface area (Å²) in [5.74, 6) is 1.10. The molecule has 0 aliphatic heterocycles. The zero-order valence-corrected chi connectivity index (χ0v) is 16.7. The number of benzene rings is 2. The molecule has 0 bridgehead atoms. The van der Waals surface area contributed by atoms with Gasteiger partial charge in [0.25, 0.3) is 5.91 Å². The van der Waals surface area contributed by atoms with Crippen LogP contribution in [0, 0.1) is 0 Å². The average molecular weight is 430 g/mol. The van der Waals surface area contributed by atoms with Crippen LogP contribution >= 0.6 is 15.9 Å². The number of carbonyl (C=O) groups is 1. The van der Waals surface area contributed by atoms with E-state index in [1.54, 1.807) is 13.2 Å².